The van der Waals surface area contributed by atoms with Crippen LogP contribution in [0.5, 0.6) is 0 Å². The number of halogens is 1. The fraction of sp³-hybridized carbons (Fsp3) is 0.273. The topological polar surface area (TPSA) is 82.5 Å². The monoisotopic (exact) mass is 338 g/mol. The highest BCUT2D eigenvalue weighted by Gasteiger charge is 2.19. The Kier molecular flexibility index (Phi) is 2.98. The molecular formula is C11H11BrN6S. The maximum Gasteiger partial charge on any atom is 0.209 e. The molecule has 0 spiro atoms. The van der Waals surface area contributed by atoms with E-state index in [-0.39, 0.29) is 6.04 Å². The van der Waals surface area contributed by atoms with E-state index in [9.17, 15) is 0 Å². The van der Waals surface area contributed by atoms with Gasteiger partial charge in [-0.15, -0.1) is 0 Å². The first kappa shape index (κ1) is 12.5. The molecule has 6 nitrogen and oxygen atoms in total. The lowest BCUT2D eigenvalue weighted by Gasteiger charge is -2.06. The zero-order valence-corrected chi connectivity index (χ0v) is 12.7. The molecule has 0 aliphatic heterocycles. The van der Waals surface area contributed by atoms with Crippen LogP contribution in [0.25, 0.3) is 21.6 Å². The Hall–Kier alpha value is -1.54. The molecule has 0 aliphatic carbocycles. The van der Waals surface area contributed by atoms with E-state index in [0.717, 1.165) is 21.6 Å². The van der Waals surface area contributed by atoms with Crippen LogP contribution in [0.3, 0.4) is 0 Å². The minimum atomic E-state index is 0.231. The molecule has 0 saturated heterocycles. The van der Waals surface area contributed by atoms with Crippen LogP contribution >= 0.6 is 27.5 Å². The summed E-state index contributed by atoms with van der Waals surface area (Å²) < 4.78 is 6.61. The summed E-state index contributed by atoms with van der Waals surface area (Å²) in [7, 11) is 0. The molecule has 3 aromatic rings. The van der Waals surface area contributed by atoms with Crippen molar-refractivity contribution >= 4 is 44.2 Å². The van der Waals surface area contributed by atoms with Gasteiger partial charge in [0.15, 0.2) is 5.01 Å². The Morgan fingerprint density at radius 1 is 1.42 bits per heavy atom. The van der Waals surface area contributed by atoms with E-state index in [4.69, 9.17) is 5.73 Å². The van der Waals surface area contributed by atoms with Crippen LogP contribution in [0, 0.1) is 0 Å². The molecule has 0 radical (unpaired) electrons. The lowest BCUT2D eigenvalue weighted by molar-refractivity contribution is 0.552. The van der Waals surface area contributed by atoms with Crippen molar-refractivity contribution in [1.82, 2.24) is 24.1 Å². The van der Waals surface area contributed by atoms with Gasteiger partial charge in [0.1, 0.15) is 11.5 Å². The molecule has 3 aromatic heterocycles. The lowest BCUT2D eigenvalue weighted by atomic mass is 10.2. The van der Waals surface area contributed by atoms with Gasteiger partial charge in [0.2, 0.25) is 4.73 Å². The zero-order valence-electron chi connectivity index (χ0n) is 10.3. The standard InChI is InChI=1S/C11H11BrN6S/c1-5(2)18-6-3-4-14-9(13)7(6)8(16-18)10-15-11(12)17-19-10/h3-5H,1-2H3,(H2,13,14). The number of rotatable bonds is 2. The summed E-state index contributed by atoms with van der Waals surface area (Å²) in [6.45, 7) is 4.14. The third kappa shape index (κ3) is 2.00. The van der Waals surface area contributed by atoms with E-state index >= 15 is 0 Å². The second-order valence-corrected chi connectivity index (χ2v) is 5.81. The Labute approximate surface area is 122 Å². The zero-order chi connectivity index (χ0) is 13.6. The van der Waals surface area contributed by atoms with Crippen LogP contribution in [-0.4, -0.2) is 24.1 Å². The van der Waals surface area contributed by atoms with Crippen LogP contribution in [0.2, 0.25) is 0 Å². The van der Waals surface area contributed by atoms with Gasteiger partial charge in [-0.1, -0.05) is 0 Å². The van der Waals surface area contributed by atoms with Crippen LogP contribution < -0.4 is 5.73 Å². The summed E-state index contributed by atoms with van der Waals surface area (Å²) in [6, 6.07) is 2.15. The Balaban J connectivity index is 2.36. The number of aromatic nitrogens is 5. The number of nitrogens with zero attached hydrogens (tertiary/aromatic N) is 5. The number of hydrogen-bond acceptors (Lipinski definition) is 6. The van der Waals surface area contributed by atoms with Gasteiger partial charge in [-0.25, -0.2) is 9.97 Å². The first-order chi connectivity index (χ1) is 9.08. The Morgan fingerprint density at radius 3 is 2.84 bits per heavy atom. The molecule has 3 heterocycles. The van der Waals surface area contributed by atoms with E-state index in [1.807, 2.05) is 10.7 Å². The van der Waals surface area contributed by atoms with E-state index in [1.165, 1.54) is 11.5 Å². The highest BCUT2D eigenvalue weighted by molar-refractivity contribution is 9.10. The highest BCUT2D eigenvalue weighted by atomic mass is 79.9. The maximum absolute atomic E-state index is 5.99. The molecule has 0 unspecified atom stereocenters. The van der Waals surface area contributed by atoms with Crippen LogP contribution in [0.1, 0.15) is 19.9 Å². The van der Waals surface area contributed by atoms with Crippen molar-refractivity contribution in [2.24, 2.45) is 0 Å². The molecule has 0 saturated carbocycles. The van der Waals surface area contributed by atoms with Crippen molar-refractivity contribution < 1.29 is 0 Å². The summed E-state index contributed by atoms with van der Waals surface area (Å²) in [6.07, 6.45) is 1.69. The number of pyridine rings is 1. The second-order valence-electron chi connectivity index (χ2n) is 4.35. The van der Waals surface area contributed by atoms with Crippen LogP contribution in [0.4, 0.5) is 5.82 Å². The van der Waals surface area contributed by atoms with E-state index < -0.39 is 0 Å². The third-order valence-electron chi connectivity index (χ3n) is 2.74. The molecule has 2 N–H and O–H groups in total. The van der Waals surface area contributed by atoms with Crippen molar-refractivity contribution in [3.63, 3.8) is 0 Å². The molecule has 0 aromatic carbocycles. The van der Waals surface area contributed by atoms with Crippen LogP contribution in [0.15, 0.2) is 17.0 Å². The summed E-state index contributed by atoms with van der Waals surface area (Å²) in [5, 5.41) is 6.18. The van der Waals surface area contributed by atoms with Gasteiger partial charge >= 0.3 is 0 Å². The van der Waals surface area contributed by atoms with Crippen molar-refractivity contribution in [2.75, 3.05) is 5.73 Å². The van der Waals surface area contributed by atoms with Gasteiger partial charge in [0.25, 0.3) is 0 Å². The molecule has 3 rings (SSSR count). The Bertz CT molecular complexity index is 747. The van der Waals surface area contributed by atoms with E-state index in [0.29, 0.717) is 10.6 Å². The highest BCUT2D eigenvalue weighted by Crippen LogP contribution is 2.33. The molecule has 8 heteroatoms. The fourth-order valence-electron chi connectivity index (χ4n) is 1.96. The van der Waals surface area contributed by atoms with Gasteiger partial charge < -0.3 is 5.73 Å². The average molecular weight is 339 g/mol. The minimum Gasteiger partial charge on any atom is -0.383 e. The molecular weight excluding hydrogens is 328 g/mol. The molecule has 19 heavy (non-hydrogen) atoms. The predicted molar refractivity (Wildman–Crippen MR) is 78.9 cm³/mol. The summed E-state index contributed by atoms with van der Waals surface area (Å²) in [5.74, 6) is 0.464. The molecule has 98 valence electrons. The number of nitrogens with two attached hydrogens (primary N) is 1. The average Bonchev–Trinajstić information content (AvgIpc) is 2.93. The predicted octanol–water partition coefficient (Wildman–Crippen LogP) is 2.88. The summed E-state index contributed by atoms with van der Waals surface area (Å²) >= 11 is 4.54. The number of nitrogen functional groups attached to an aromatic ring is 1. The molecule has 0 bridgehead atoms. The largest absolute Gasteiger partial charge is 0.383 e. The van der Waals surface area contributed by atoms with Gasteiger partial charge in [-0.3, -0.25) is 4.68 Å². The van der Waals surface area contributed by atoms with Crippen molar-refractivity contribution in [3.8, 4) is 10.7 Å². The van der Waals surface area contributed by atoms with Crippen LogP contribution in [-0.2, 0) is 0 Å². The number of anilines is 1. The van der Waals surface area contributed by atoms with Crippen molar-refractivity contribution in [1.29, 1.82) is 0 Å². The second kappa shape index (κ2) is 4.53. The van der Waals surface area contributed by atoms with Gasteiger partial charge in [-0.05, 0) is 47.4 Å². The summed E-state index contributed by atoms with van der Waals surface area (Å²) in [4.78, 5) is 8.45. The molecule has 0 aliphatic rings. The van der Waals surface area contributed by atoms with E-state index in [2.05, 4.69) is 49.2 Å². The van der Waals surface area contributed by atoms with Crippen molar-refractivity contribution in [2.45, 2.75) is 19.9 Å². The maximum atomic E-state index is 5.99. The quantitative estimate of drug-likeness (QED) is 0.776. The lowest BCUT2D eigenvalue weighted by Crippen LogP contribution is -2.02. The first-order valence-electron chi connectivity index (χ1n) is 5.70. The normalized spacial score (nSPS) is 11.6. The Morgan fingerprint density at radius 2 is 2.21 bits per heavy atom. The molecule has 0 atom stereocenters. The molecule has 0 amide bonds. The SMILES string of the molecule is CC(C)n1nc(-c2nc(Br)ns2)c2c(N)nccc21. The minimum absolute atomic E-state index is 0.231. The fourth-order valence-corrected chi connectivity index (χ4v) is 3.03. The van der Waals surface area contributed by atoms with E-state index in [1.54, 1.807) is 6.20 Å². The smallest absolute Gasteiger partial charge is 0.209 e. The first-order valence-corrected chi connectivity index (χ1v) is 7.27. The number of hydrogen-bond donors (Lipinski definition) is 1. The van der Waals surface area contributed by atoms with Gasteiger partial charge in [0, 0.05) is 12.2 Å². The third-order valence-corrected chi connectivity index (χ3v) is 4.05. The van der Waals surface area contributed by atoms with Crippen molar-refractivity contribution in [3.05, 3.63) is 17.0 Å². The van der Waals surface area contributed by atoms with Gasteiger partial charge in [0.05, 0.1) is 10.9 Å². The number of fused-ring (bicyclic) bond motifs is 1. The molecule has 0 fully saturated rings. The summed E-state index contributed by atoms with van der Waals surface area (Å²) in [5.41, 5.74) is 7.69. The van der Waals surface area contributed by atoms with Gasteiger partial charge in [-0.2, -0.15) is 9.47 Å².